The van der Waals surface area contributed by atoms with Gasteiger partial charge in [0.1, 0.15) is 24.0 Å². The molecular formula is C19H20FN5O. The summed E-state index contributed by atoms with van der Waals surface area (Å²) < 4.78 is 20.8. The fraction of sp³-hybridized carbons (Fsp3) is 0.316. The molecule has 0 spiro atoms. The molecule has 0 aliphatic carbocycles. The van der Waals surface area contributed by atoms with Crippen LogP contribution in [-0.4, -0.2) is 32.8 Å². The van der Waals surface area contributed by atoms with Gasteiger partial charge in [-0.1, -0.05) is 6.07 Å². The maximum atomic E-state index is 13.3. The van der Waals surface area contributed by atoms with Crippen molar-refractivity contribution in [2.75, 3.05) is 13.1 Å². The number of ether oxygens (including phenoxy) is 1. The Hall–Kier alpha value is -2.80. The number of aromatic nitrogens is 4. The van der Waals surface area contributed by atoms with Crippen LogP contribution in [0.25, 0.3) is 5.69 Å². The first kappa shape index (κ1) is 16.7. The number of pyridine rings is 1. The van der Waals surface area contributed by atoms with Crippen molar-refractivity contribution in [1.29, 1.82) is 0 Å². The van der Waals surface area contributed by atoms with Gasteiger partial charge in [0.15, 0.2) is 5.82 Å². The predicted octanol–water partition coefficient (Wildman–Crippen LogP) is 2.85. The molecule has 1 aliphatic rings. The van der Waals surface area contributed by atoms with Crippen LogP contribution in [0.3, 0.4) is 0 Å². The summed E-state index contributed by atoms with van der Waals surface area (Å²) in [6, 6.07) is 9.89. The lowest BCUT2D eigenvalue weighted by atomic mass is 9.99. The predicted molar refractivity (Wildman–Crippen MR) is 94.7 cm³/mol. The number of halogens is 1. The van der Waals surface area contributed by atoms with E-state index in [1.165, 1.54) is 12.1 Å². The number of hydrogen-bond acceptors (Lipinski definition) is 5. The highest BCUT2D eigenvalue weighted by Crippen LogP contribution is 2.24. The van der Waals surface area contributed by atoms with E-state index in [4.69, 9.17) is 9.72 Å². The second-order valence-corrected chi connectivity index (χ2v) is 6.29. The van der Waals surface area contributed by atoms with Crippen molar-refractivity contribution in [3.8, 4) is 11.4 Å². The van der Waals surface area contributed by atoms with Gasteiger partial charge in [-0.2, -0.15) is 0 Å². The quantitative estimate of drug-likeness (QED) is 0.764. The van der Waals surface area contributed by atoms with Gasteiger partial charge < -0.3 is 10.1 Å². The lowest BCUT2D eigenvalue weighted by Crippen LogP contribution is -2.30. The second kappa shape index (κ2) is 7.61. The lowest BCUT2D eigenvalue weighted by molar-refractivity contribution is 0.294. The zero-order chi connectivity index (χ0) is 17.8. The molecule has 134 valence electrons. The molecule has 3 aromatic rings. The number of hydrogen-bond donors (Lipinski definition) is 1. The number of rotatable bonds is 5. The Bertz CT molecular complexity index is 861. The van der Waals surface area contributed by atoms with E-state index < -0.39 is 0 Å². The smallest absolute Gasteiger partial charge is 0.188 e. The van der Waals surface area contributed by atoms with Crippen molar-refractivity contribution in [2.24, 2.45) is 0 Å². The van der Waals surface area contributed by atoms with Crippen molar-refractivity contribution >= 4 is 0 Å². The largest absolute Gasteiger partial charge is 0.485 e. The van der Waals surface area contributed by atoms with Gasteiger partial charge in [-0.3, -0.25) is 4.98 Å². The molecule has 1 aromatic carbocycles. The Balaban J connectivity index is 1.60. The first-order valence-electron chi connectivity index (χ1n) is 8.75. The van der Waals surface area contributed by atoms with Gasteiger partial charge in [-0.05, 0) is 43.7 Å². The van der Waals surface area contributed by atoms with Crippen LogP contribution in [0.15, 0.2) is 48.8 Å². The normalized spacial score (nSPS) is 17.2. The lowest BCUT2D eigenvalue weighted by Gasteiger charge is -2.22. The highest BCUT2D eigenvalue weighted by Gasteiger charge is 2.23. The van der Waals surface area contributed by atoms with Crippen LogP contribution >= 0.6 is 0 Å². The first-order valence-corrected chi connectivity index (χ1v) is 8.75. The minimum atomic E-state index is -0.327. The molecule has 7 heteroatoms. The zero-order valence-corrected chi connectivity index (χ0v) is 14.3. The summed E-state index contributed by atoms with van der Waals surface area (Å²) in [7, 11) is 0. The zero-order valence-electron chi connectivity index (χ0n) is 14.3. The van der Waals surface area contributed by atoms with Crippen molar-refractivity contribution < 1.29 is 9.13 Å². The van der Waals surface area contributed by atoms with E-state index in [-0.39, 0.29) is 12.4 Å². The van der Waals surface area contributed by atoms with E-state index in [1.807, 2.05) is 16.8 Å². The summed E-state index contributed by atoms with van der Waals surface area (Å²) in [6.45, 7) is 2.11. The molecule has 1 atom stereocenters. The highest BCUT2D eigenvalue weighted by atomic mass is 19.1. The Kier molecular flexibility index (Phi) is 4.88. The monoisotopic (exact) mass is 353 g/mol. The molecule has 4 rings (SSSR count). The second-order valence-electron chi connectivity index (χ2n) is 6.29. The van der Waals surface area contributed by atoms with E-state index in [0.29, 0.717) is 17.5 Å². The van der Waals surface area contributed by atoms with E-state index in [1.54, 1.807) is 24.5 Å². The topological polar surface area (TPSA) is 64.9 Å². The average molecular weight is 353 g/mol. The molecule has 6 nitrogen and oxygen atoms in total. The molecule has 2 aromatic heterocycles. The molecule has 1 aliphatic heterocycles. The van der Waals surface area contributed by atoms with Crippen LogP contribution in [0.1, 0.15) is 30.4 Å². The fourth-order valence-electron chi connectivity index (χ4n) is 3.15. The van der Waals surface area contributed by atoms with Gasteiger partial charge in [-0.15, -0.1) is 5.10 Å². The Morgan fingerprint density at radius 1 is 1.23 bits per heavy atom. The third-order valence-corrected chi connectivity index (χ3v) is 4.41. The summed E-state index contributed by atoms with van der Waals surface area (Å²) in [4.78, 5) is 8.79. The van der Waals surface area contributed by atoms with Crippen LogP contribution in [0.2, 0.25) is 0 Å². The standard InChI is InChI=1S/C19H20FN5O/c20-15-4-1-5-17(11-15)26-13-18-23-19(14-3-2-8-22-12-14)25(24-18)16-6-9-21-10-7-16/h1,4-7,9-11,14,22H,2-3,8,12-13H2. The third kappa shape index (κ3) is 3.72. The van der Waals surface area contributed by atoms with Crippen LogP contribution in [0.4, 0.5) is 4.39 Å². The molecular weight excluding hydrogens is 333 g/mol. The maximum Gasteiger partial charge on any atom is 0.188 e. The molecule has 0 radical (unpaired) electrons. The first-order chi connectivity index (χ1) is 12.8. The maximum absolute atomic E-state index is 13.3. The van der Waals surface area contributed by atoms with Gasteiger partial charge in [0.05, 0.1) is 5.69 Å². The van der Waals surface area contributed by atoms with Crippen molar-refractivity contribution in [2.45, 2.75) is 25.4 Å². The Morgan fingerprint density at radius 3 is 2.88 bits per heavy atom. The van der Waals surface area contributed by atoms with Crippen LogP contribution in [0, 0.1) is 5.82 Å². The summed E-state index contributed by atoms with van der Waals surface area (Å²) in [5.41, 5.74) is 0.921. The molecule has 1 fully saturated rings. The van der Waals surface area contributed by atoms with E-state index in [2.05, 4.69) is 15.4 Å². The number of nitrogens with one attached hydrogen (secondary N) is 1. The molecule has 3 heterocycles. The molecule has 0 amide bonds. The minimum Gasteiger partial charge on any atom is -0.485 e. The molecule has 1 saturated heterocycles. The molecule has 0 bridgehead atoms. The van der Waals surface area contributed by atoms with Gasteiger partial charge in [0.2, 0.25) is 0 Å². The fourth-order valence-corrected chi connectivity index (χ4v) is 3.15. The van der Waals surface area contributed by atoms with Crippen molar-refractivity contribution in [3.63, 3.8) is 0 Å². The van der Waals surface area contributed by atoms with Crippen molar-refractivity contribution in [1.82, 2.24) is 25.1 Å². The third-order valence-electron chi connectivity index (χ3n) is 4.41. The highest BCUT2D eigenvalue weighted by molar-refractivity contribution is 5.30. The van der Waals surface area contributed by atoms with Crippen LogP contribution < -0.4 is 10.1 Å². The molecule has 1 N–H and O–H groups in total. The molecule has 0 saturated carbocycles. The summed E-state index contributed by atoms with van der Waals surface area (Å²) in [5.74, 6) is 1.93. The summed E-state index contributed by atoms with van der Waals surface area (Å²) >= 11 is 0. The van der Waals surface area contributed by atoms with Gasteiger partial charge >= 0.3 is 0 Å². The number of benzene rings is 1. The number of nitrogens with zero attached hydrogens (tertiary/aromatic N) is 4. The summed E-state index contributed by atoms with van der Waals surface area (Å²) in [6.07, 6.45) is 5.66. The van der Waals surface area contributed by atoms with Gasteiger partial charge in [0.25, 0.3) is 0 Å². The Morgan fingerprint density at radius 2 is 2.12 bits per heavy atom. The van der Waals surface area contributed by atoms with Crippen molar-refractivity contribution in [3.05, 3.63) is 66.3 Å². The average Bonchev–Trinajstić information content (AvgIpc) is 3.12. The van der Waals surface area contributed by atoms with E-state index in [9.17, 15) is 4.39 Å². The van der Waals surface area contributed by atoms with E-state index in [0.717, 1.165) is 37.4 Å². The van der Waals surface area contributed by atoms with Crippen LogP contribution in [0.5, 0.6) is 5.75 Å². The minimum absolute atomic E-state index is 0.189. The molecule has 26 heavy (non-hydrogen) atoms. The molecule has 1 unspecified atom stereocenters. The van der Waals surface area contributed by atoms with Crippen LogP contribution in [-0.2, 0) is 6.61 Å². The SMILES string of the molecule is Fc1cccc(OCc2nc(C3CCCNC3)n(-c3ccncc3)n2)c1. The van der Waals surface area contributed by atoms with Gasteiger partial charge in [-0.25, -0.2) is 14.1 Å². The van der Waals surface area contributed by atoms with E-state index >= 15 is 0 Å². The Labute approximate surface area is 151 Å². The van der Waals surface area contributed by atoms with Gasteiger partial charge in [0, 0.05) is 30.9 Å². The number of piperidine rings is 1. The summed E-state index contributed by atoms with van der Waals surface area (Å²) in [5, 5.41) is 8.04.